The van der Waals surface area contributed by atoms with Crippen LogP contribution in [0.5, 0.6) is 5.75 Å². The van der Waals surface area contributed by atoms with Crippen LogP contribution in [0.2, 0.25) is 0 Å². The van der Waals surface area contributed by atoms with Gasteiger partial charge in [0.05, 0.1) is 23.7 Å². The average molecular weight is 433 g/mol. The third-order valence-corrected chi connectivity index (χ3v) is 6.00. The number of carbonyl (C=O) groups excluding carboxylic acids is 1. The van der Waals surface area contributed by atoms with Gasteiger partial charge in [-0.3, -0.25) is 4.79 Å². The Hall–Kier alpha value is -2.92. The Kier molecular flexibility index (Phi) is 6.47. The molecule has 1 aromatic heterocycles. The number of piperidine rings is 1. The molecule has 0 bridgehead atoms. The van der Waals surface area contributed by atoms with Crippen LogP contribution >= 0.6 is 0 Å². The van der Waals surface area contributed by atoms with Crippen molar-refractivity contribution in [2.45, 2.75) is 52.2 Å². The van der Waals surface area contributed by atoms with Crippen molar-refractivity contribution in [3.05, 3.63) is 60.2 Å². The zero-order valence-electron chi connectivity index (χ0n) is 19.4. The van der Waals surface area contributed by atoms with E-state index in [0.29, 0.717) is 0 Å². The van der Waals surface area contributed by atoms with Crippen LogP contribution in [0.4, 0.5) is 0 Å². The summed E-state index contributed by atoms with van der Waals surface area (Å²) in [6, 6.07) is 18.1. The van der Waals surface area contributed by atoms with Crippen LogP contribution in [0.25, 0.3) is 22.2 Å². The summed E-state index contributed by atoms with van der Waals surface area (Å²) in [5.41, 5.74) is 3.17. The number of aromatic nitrogens is 1. The molecule has 2 atom stereocenters. The summed E-state index contributed by atoms with van der Waals surface area (Å²) in [4.78, 5) is 17.9. The molecule has 0 spiro atoms. The first-order valence-electron chi connectivity index (χ1n) is 11.4. The van der Waals surface area contributed by atoms with E-state index in [1.165, 1.54) is 0 Å². The lowest BCUT2D eigenvalue weighted by Crippen LogP contribution is -2.41. The van der Waals surface area contributed by atoms with E-state index >= 15 is 0 Å². The first-order chi connectivity index (χ1) is 15.4. The maximum absolute atomic E-state index is 13.0. The molecular formula is C27H32N2O3. The highest BCUT2D eigenvalue weighted by Gasteiger charge is 2.33. The number of esters is 1. The quantitative estimate of drug-likeness (QED) is 0.525. The number of ether oxygens (including phenoxy) is 2. The van der Waals surface area contributed by atoms with E-state index < -0.39 is 5.41 Å². The maximum Gasteiger partial charge on any atom is 0.311 e. The number of benzene rings is 2. The molecule has 4 rings (SSSR count). The molecule has 2 heterocycles. The van der Waals surface area contributed by atoms with Crippen molar-refractivity contribution in [1.82, 2.24) is 10.3 Å². The van der Waals surface area contributed by atoms with Gasteiger partial charge in [-0.05, 0) is 76.6 Å². The van der Waals surface area contributed by atoms with Gasteiger partial charge >= 0.3 is 5.97 Å². The normalized spacial score (nSPS) is 17.7. The number of para-hydroxylation sites is 1. The van der Waals surface area contributed by atoms with Crippen molar-refractivity contribution in [3.63, 3.8) is 0 Å². The van der Waals surface area contributed by atoms with Crippen LogP contribution in [0.15, 0.2) is 54.6 Å². The predicted molar refractivity (Wildman–Crippen MR) is 128 cm³/mol. The Morgan fingerprint density at radius 3 is 2.50 bits per heavy atom. The molecule has 2 unspecified atom stereocenters. The highest BCUT2D eigenvalue weighted by molar-refractivity contribution is 5.86. The fourth-order valence-corrected chi connectivity index (χ4v) is 4.14. The van der Waals surface area contributed by atoms with Crippen LogP contribution in [0.1, 0.15) is 51.7 Å². The van der Waals surface area contributed by atoms with Gasteiger partial charge < -0.3 is 14.8 Å². The molecular weight excluding hydrogens is 400 g/mol. The van der Waals surface area contributed by atoms with E-state index in [4.69, 9.17) is 14.5 Å². The zero-order valence-corrected chi connectivity index (χ0v) is 19.4. The number of methoxy groups -OCH3 is 1. The molecule has 1 aliphatic rings. The summed E-state index contributed by atoms with van der Waals surface area (Å²) >= 11 is 0. The van der Waals surface area contributed by atoms with Crippen molar-refractivity contribution in [1.29, 1.82) is 0 Å². The lowest BCUT2D eigenvalue weighted by atomic mass is 9.90. The molecule has 0 aliphatic carbocycles. The molecule has 0 amide bonds. The third-order valence-electron chi connectivity index (χ3n) is 6.00. The minimum absolute atomic E-state index is 0.0737. The second-order valence-electron chi connectivity index (χ2n) is 9.47. The Morgan fingerprint density at radius 2 is 1.84 bits per heavy atom. The van der Waals surface area contributed by atoms with Crippen LogP contribution in [0, 0.1) is 5.41 Å². The molecule has 2 aromatic carbocycles. The summed E-state index contributed by atoms with van der Waals surface area (Å²) in [5, 5.41) is 4.62. The molecule has 1 aliphatic heterocycles. The SMILES string of the molecule is COc1ccc(-c2cc(C(OC(=O)C(C)(C)C)C3CCCCN3)c3ccccc3n2)cc1. The molecule has 1 fully saturated rings. The van der Waals surface area contributed by atoms with Crippen LogP contribution in [0.3, 0.4) is 0 Å². The summed E-state index contributed by atoms with van der Waals surface area (Å²) in [6.07, 6.45) is 2.85. The van der Waals surface area contributed by atoms with Crippen molar-refractivity contribution < 1.29 is 14.3 Å². The fraction of sp³-hybridized carbons (Fsp3) is 0.407. The number of hydrogen-bond donors (Lipinski definition) is 1. The number of hydrogen-bond acceptors (Lipinski definition) is 5. The molecule has 5 nitrogen and oxygen atoms in total. The first-order valence-corrected chi connectivity index (χ1v) is 11.4. The Bertz CT molecular complexity index is 1080. The lowest BCUT2D eigenvalue weighted by Gasteiger charge is -2.33. The van der Waals surface area contributed by atoms with E-state index in [1.807, 2.05) is 63.2 Å². The third kappa shape index (κ3) is 4.78. The lowest BCUT2D eigenvalue weighted by molar-refractivity contribution is -0.161. The predicted octanol–water partition coefficient (Wildman–Crippen LogP) is 5.68. The highest BCUT2D eigenvalue weighted by Crippen LogP contribution is 2.36. The number of rotatable bonds is 5. The van der Waals surface area contributed by atoms with Gasteiger partial charge in [0.15, 0.2) is 0 Å². The Morgan fingerprint density at radius 1 is 1.09 bits per heavy atom. The molecule has 1 saturated heterocycles. The number of nitrogens with zero attached hydrogens (tertiary/aromatic N) is 1. The van der Waals surface area contributed by atoms with Gasteiger partial charge in [0.1, 0.15) is 11.9 Å². The average Bonchev–Trinajstić information content (AvgIpc) is 2.81. The minimum atomic E-state index is -0.575. The summed E-state index contributed by atoms with van der Waals surface area (Å²) in [5.74, 6) is 0.611. The van der Waals surface area contributed by atoms with E-state index in [0.717, 1.165) is 59.3 Å². The number of pyridine rings is 1. The second kappa shape index (κ2) is 9.29. The molecule has 168 valence electrons. The van der Waals surface area contributed by atoms with Crippen molar-refractivity contribution in [2.75, 3.05) is 13.7 Å². The second-order valence-corrected chi connectivity index (χ2v) is 9.47. The van der Waals surface area contributed by atoms with Gasteiger partial charge in [-0.2, -0.15) is 0 Å². The van der Waals surface area contributed by atoms with Gasteiger partial charge in [-0.25, -0.2) is 4.98 Å². The smallest absolute Gasteiger partial charge is 0.311 e. The van der Waals surface area contributed by atoms with Gasteiger partial charge in [-0.15, -0.1) is 0 Å². The van der Waals surface area contributed by atoms with E-state index in [1.54, 1.807) is 7.11 Å². The molecule has 0 saturated carbocycles. The van der Waals surface area contributed by atoms with E-state index in [-0.39, 0.29) is 18.1 Å². The zero-order chi connectivity index (χ0) is 22.7. The molecule has 5 heteroatoms. The number of carbonyl (C=O) groups is 1. The highest BCUT2D eigenvalue weighted by atomic mass is 16.5. The molecule has 1 N–H and O–H groups in total. The van der Waals surface area contributed by atoms with Crippen molar-refractivity contribution in [2.24, 2.45) is 5.41 Å². The van der Waals surface area contributed by atoms with E-state index in [2.05, 4.69) is 17.4 Å². The van der Waals surface area contributed by atoms with E-state index in [9.17, 15) is 4.79 Å². The Labute approximate surface area is 190 Å². The monoisotopic (exact) mass is 432 g/mol. The first kappa shape index (κ1) is 22.3. The minimum Gasteiger partial charge on any atom is -0.497 e. The van der Waals surface area contributed by atoms with Crippen molar-refractivity contribution in [3.8, 4) is 17.0 Å². The molecule has 3 aromatic rings. The van der Waals surface area contributed by atoms with Gasteiger partial charge in [-0.1, -0.05) is 24.6 Å². The fourth-order valence-electron chi connectivity index (χ4n) is 4.14. The number of fused-ring (bicyclic) bond motifs is 1. The largest absolute Gasteiger partial charge is 0.497 e. The van der Waals surface area contributed by atoms with Crippen LogP contribution < -0.4 is 10.1 Å². The van der Waals surface area contributed by atoms with Crippen LogP contribution in [-0.4, -0.2) is 30.6 Å². The maximum atomic E-state index is 13.0. The summed E-state index contributed by atoms with van der Waals surface area (Å²) < 4.78 is 11.5. The van der Waals surface area contributed by atoms with Gasteiger partial charge in [0.2, 0.25) is 0 Å². The molecule has 0 radical (unpaired) electrons. The topological polar surface area (TPSA) is 60.5 Å². The summed E-state index contributed by atoms with van der Waals surface area (Å²) in [6.45, 7) is 6.62. The summed E-state index contributed by atoms with van der Waals surface area (Å²) in [7, 11) is 1.66. The van der Waals surface area contributed by atoms with Gasteiger partial charge in [0, 0.05) is 22.6 Å². The molecule has 32 heavy (non-hydrogen) atoms. The van der Waals surface area contributed by atoms with Gasteiger partial charge in [0.25, 0.3) is 0 Å². The number of nitrogens with one attached hydrogen (secondary N) is 1. The Balaban J connectivity index is 1.84. The van der Waals surface area contributed by atoms with Crippen LogP contribution in [-0.2, 0) is 9.53 Å². The standard InChI is InChI=1S/C27H32N2O3/c1-27(2,3)26(30)32-25(23-11-7-8-16-28-23)21-17-24(18-12-14-19(31-4)15-13-18)29-22-10-6-5-9-20(21)22/h5-6,9-10,12-15,17,23,25,28H,7-8,11,16H2,1-4H3. The van der Waals surface area contributed by atoms with Crippen molar-refractivity contribution >= 4 is 16.9 Å².